The number of aromatic carboxylic acids is 1. The minimum atomic E-state index is -1.04. The molecule has 3 aromatic carbocycles. The molecule has 1 aliphatic heterocycles. The van der Waals surface area contributed by atoms with Crippen LogP contribution in [-0.4, -0.2) is 42.4 Å². The Hall–Kier alpha value is -4.87. The zero-order valence-corrected chi connectivity index (χ0v) is 27.8. The van der Waals surface area contributed by atoms with Crippen molar-refractivity contribution >= 4 is 41.0 Å². The van der Waals surface area contributed by atoms with E-state index in [2.05, 4.69) is 0 Å². The highest BCUT2D eigenvalue weighted by Gasteiger charge is 2.35. The maximum atomic E-state index is 14.2. The summed E-state index contributed by atoms with van der Waals surface area (Å²) in [6, 6.07) is 16.2. The lowest BCUT2D eigenvalue weighted by Gasteiger charge is -2.26. The van der Waals surface area contributed by atoms with Crippen LogP contribution in [0.4, 0.5) is 0 Å². The standard InChI is InChI=1S/C35H33ClN2O8S/c1-5-10-25-29(34(42)45-6-2)30(23-13-7-8-14-26(23)43-3)38-32(39)28(47-35(38)37-25)18-21-16-24(36)31(27(17-21)44-4)46-19-20-11-9-12-22(15-20)33(40)41/h7-9,11-18,30H,5-6,10,19H2,1-4H3,(H,40,41)/b28-18+/t30-/m1/s1. The summed E-state index contributed by atoms with van der Waals surface area (Å²) < 4.78 is 24.5. The molecule has 1 atom stereocenters. The quantitative estimate of drug-likeness (QED) is 0.194. The van der Waals surface area contributed by atoms with E-state index in [0.717, 1.165) is 6.42 Å². The number of methoxy groups -OCH3 is 2. The van der Waals surface area contributed by atoms with Gasteiger partial charge in [-0.2, -0.15) is 0 Å². The average molecular weight is 677 g/mol. The van der Waals surface area contributed by atoms with Crippen molar-refractivity contribution in [1.29, 1.82) is 0 Å². The maximum absolute atomic E-state index is 14.2. The van der Waals surface area contributed by atoms with Gasteiger partial charge in [0.2, 0.25) is 0 Å². The van der Waals surface area contributed by atoms with Crippen molar-refractivity contribution in [1.82, 2.24) is 4.57 Å². The number of rotatable bonds is 12. The predicted molar refractivity (Wildman–Crippen MR) is 178 cm³/mol. The molecule has 10 nitrogen and oxygen atoms in total. The summed E-state index contributed by atoms with van der Waals surface area (Å²) in [5.41, 5.74) is 2.51. The van der Waals surface area contributed by atoms with Crippen LogP contribution in [-0.2, 0) is 16.1 Å². The molecule has 47 heavy (non-hydrogen) atoms. The van der Waals surface area contributed by atoms with Crippen molar-refractivity contribution in [3.05, 3.63) is 119 Å². The largest absolute Gasteiger partial charge is 0.496 e. The number of benzene rings is 3. The summed E-state index contributed by atoms with van der Waals surface area (Å²) in [4.78, 5) is 44.2. The first-order valence-corrected chi connectivity index (χ1v) is 16.1. The summed E-state index contributed by atoms with van der Waals surface area (Å²) in [5.74, 6) is -0.453. The predicted octanol–water partition coefficient (Wildman–Crippen LogP) is 5.53. The van der Waals surface area contributed by atoms with E-state index in [4.69, 9.17) is 35.5 Å². The molecule has 244 valence electrons. The maximum Gasteiger partial charge on any atom is 0.338 e. The Labute approximate surface area is 279 Å². The lowest BCUT2D eigenvalue weighted by Crippen LogP contribution is -2.40. The Morgan fingerprint density at radius 2 is 1.81 bits per heavy atom. The zero-order valence-electron chi connectivity index (χ0n) is 26.2. The second kappa shape index (κ2) is 14.7. The normalized spacial score (nSPS) is 14.3. The lowest BCUT2D eigenvalue weighted by atomic mass is 9.93. The molecule has 0 spiro atoms. The van der Waals surface area contributed by atoms with Crippen LogP contribution in [0.5, 0.6) is 17.2 Å². The number of fused-ring (bicyclic) bond motifs is 1. The summed E-state index contributed by atoms with van der Waals surface area (Å²) in [5, 5.41) is 9.53. The van der Waals surface area contributed by atoms with Crippen LogP contribution >= 0.6 is 22.9 Å². The van der Waals surface area contributed by atoms with Gasteiger partial charge in [-0.15, -0.1) is 0 Å². The van der Waals surface area contributed by atoms with Gasteiger partial charge in [0.25, 0.3) is 5.56 Å². The third kappa shape index (κ3) is 6.96. The van der Waals surface area contributed by atoms with Crippen LogP contribution in [0.3, 0.4) is 0 Å². The first kappa shape index (κ1) is 33.5. The molecule has 0 radical (unpaired) electrons. The summed E-state index contributed by atoms with van der Waals surface area (Å²) in [7, 11) is 3.02. The Morgan fingerprint density at radius 3 is 2.51 bits per heavy atom. The summed E-state index contributed by atoms with van der Waals surface area (Å²) in [6.45, 7) is 3.96. The van der Waals surface area contributed by atoms with Crippen LogP contribution in [0.1, 0.15) is 59.8 Å². The fraction of sp³-hybridized carbons (Fsp3) is 0.257. The van der Waals surface area contributed by atoms with Crippen molar-refractivity contribution in [3.63, 3.8) is 0 Å². The van der Waals surface area contributed by atoms with Gasteiger partial charge in [-0.25, -0.2) is 14.6 Å². The highest BCUT2D eigenvalue weighted by atomic mass is 35.5. The van der Waals surface area contributed by atoms with Gasteiger partial charge < -0.3 is 24.1 Å². The highest BCUT2D eigenvalue weighted by Crippen LogP contribution is 2.38. The van der Waals surface area contributed by atoms with Crippen molar-refractivity contribution in [3.8, 4) is 17.2 Å². The lowest BCUT2D eigenvalue weighted by molar-refractivity contribution is -0.139. The van der Waals surface area contributed by atoms with Gasteiger partial charge >= 0.3 is 11.9 Å². The molecule has 1 aromatic heterocycles. The fourth-order valence-electron chi connectivity index (χ4n) is 5.37. The Morgan fingerprint density at radius 1 is 1.04 bits per heavy atom. The number of nitrogens with zero attached hydrogens (tertiary/aromatic N) is 2. The molecule has 0 bridgehead atoms. The van der Waals surface area contributed by atoms with Gasteiger partial charge in [0.05, 0.1) is 47.2 Å². The van der Waals surface area contributed by atoms with Gasteiger partial charge in [0.1, 0.15) is 18.4 Å². The molecular weight excluding hydrogens is 644 g/mol. The van der Waals surface area contributed by atoms with E-state index in [-0.39, 0.29) is 35.1 Å². The minimum absolute atomic E-state index is 0.0565. The zero-order chi connectivity index (χ0) is 33.7. The van der Waals surface area contributed by atoms with E-state index in [1.807, 2.05) is 25.1 Å². The molecule has 1 aliphatic rings. The van der Waals surface area contributed by atoms with Crippen LogP contribution in [0.15, 0.2) is 81.7 Å². The number of esters is 1. The van der Waals surface area contributed by atoms with E-state index in [9.17, 15) is 19.5 Å². The Balaban J connectivity index is 1.60. The van der Waals surface area contributed by atoms with Crippen LogP contribution in [0, 0.1) is 0 Å². The molecule has 0 saturated carbocycles. The number of carboxylic acid groups (broad SMARTS) is 1. The number of aromatic nitrogens is 1. The Bertz CT molecular complexity index is 2050. The number of hydrogen-bond donors (Lipinski definition) is 1. The number of hydrogen-bond acceptors (Lipinski definition) is 9. The number of allylic oxidation sites excluding steroid dienone is 1. The number of carbonyl (C=O) groups excluding carboxylic acids is 1. The van der Waals surface area contributed by atoms with Gasteiger partial charge in [-0.05, 0) is 60.9 Å². The van der Waals surface area contributed by atoms with E-state index in [1.54, 1.807) is 50.4 Å². The van der Waals surface area contributed by atoms with Gasteiger partial charge in [0.15, 0.2) is 16.3 Å². The minimum Gasteiger partial charge on any atom is -0.496 e. The average Bonchev–Trinajstić information content (AvgIpc) is 3.37. The number of thiazole rings is 1. The SMILES string of the molecule is CCCC1=C(C(=O)OCC)[C@@H](c2ccccc2OC)n2c(s/c(=C/c3cc(Cl)c(OCc4cccc(C(=O)O)c4)c(OC)c3)c2=O)=N1. The number of carbonyl (C=O) groups is 2. The van der Waals surface area contributed by atoms with Gasteiger partial charge in [-0.3, -0.25) is 9.36 Å². The second-order valence-electron chi connectivity index (χ2n) is 10.5. The molecule has 0 aliphatic carbocycles. The van der Waals surface area contributed by atoms with E-state index in [1.165, 1.54) is 35.1 Å². The summed E-state index contributed by atoms with van der Waals surface area (Å²) >= 11 is 7.85. The molecule has 5 rings (SSSR count). The molecule has 0 amide bonds. The monoisotopic (exact) mass is 676 g/mol. The van der Waals surface area contributed by atoms with Crippen molar-refractivity contribution < 1.29 is 33.6 Å². The molecule has 1 N–H and O–H groups in total. The Kier molecular flexibility index (Phi) is 10.5. The van der Waals surface area contributed by atoms with Crippen LogP contribution in [0.2, 0.25) is 5.02 Å². The van der Waals surface area contributed by atoms with Crippen molar-refractivity contribution in [2.45, 2.75) is 39.3 Å². The van der Waals surface area contributed by atoms with Crippen LogP contribution < -0.4 is 29.1 Å². The van der Waals surface area contributed by atoms with Crippen LogP contribution in [0.25, 0.3) is 6.08 Å². The second-order valence-corrected chi connectivity index (χ2v) is 11.9. The third-order valence-corrected chi connectivity index (χ3v) is 8.70. The van der Waals surface area contributed by atoms with E-state index < -0.39 is 18.0 Å². The van der Waals surface area contributed by atoms with Crippen molar-refractivity contribution in [2.24, 2.45) is 4.99 Å². The first-order chi connectivity index (χ1) is 22.7. The number of halogens is 1. The number of ether oxygens (including phenoxy) is 4. The molecular formula is C35H33ClN2O8S. The molecule has 0 saturated heterocycles. The molecule has 2 heterocycles. The third-order valence-electron chi connectivity index (χ3n) is 7.43. The van der Waals surface area contributed by atoms with Crippen molar-refractivity contribution in [2.75, 3.05) is 20.8 Å². The smallest absolute Gasteiger partial charge is 0.338 e. The van der Waals surface area contributed by atoms with Gasteiger partial charge in [-0.1, -0.05) is 66.6 Å². The summed E-state index contributed by atoms with van der Waals surface area (Å²) in [6.07, 6.45) is 2.93. The van der Waals surface area contributed by atoms with Gasteiger partial charge in [0, 0.05) is 5.56 Å². The fourth-order valence-corrected chi connectivity index (χ4v) is 6.67. The molecule has 4 aromatic rings. The first-order valence-electron chi connectivity index (χ1n) is 14.9. The number of carboxylic acids is 1. The highest BCUT2D eigenvalue weighted by molar-refractivity contribution is 7.07. The molecule has 12 heteroatoms. The number of para-hydroxylation sites is 1. The van der Waals surface area contributed by atoms with E-state index >= 15 is 0 Å². The molecule has 0 unspecified atom stereocenters. The topological polar surface area (TPSA) is 126 Å². The van der Waals surface area contributed by atoms with E-state index in [0.29, 0.717) is 55.2 Å². The molecule has 0 fully saturated rings.